The van der Waals surface area contributed by atoms with Crippen LogP contribution in [-0.2, 0) is 17.7 Å². The number of ether oxygens (including phenoxy) is 2. The van der Waals surface area contributed by atoms with Crippen LogP contribution in [0.1, 0.15) is 31.5 Å². The highest BCUT2D eigenvalue weighted by Gasteiger charge is 2.16. The van der Waals surface area contributed by atoms with Crippen LogP contribution in [0.25, 0.3) is 0 Å². The summed E-state index contributed by atoms with van der Waals surface area (Å²) in [6.45, 7) is 8.46. The van der Waals surface area contributed by atoms with Gasteiger partial charge in [0.15, 0.2) is 0 Å². The average molecular weight is 264 g/mol. The molecular weight excluding hydrogens is 240 g/mol. The van der Waals surface area contributed by atoms with Crippen molar-refractivity contribution in [3.8, 4) is 5.88 Å². The standard InChI is InChI=1S/C15H24N2O2/c1-3-14-7-13(9-16-4-2)8-15(17-14)19-11-12-5-6-18-10-12/h7-8,12,16H,3-6,9-11H2,1-2H3. The zero-order valence-electron chi connectivity index (χ0n) is 11.9. The Bertz CT molecular complexity index is 390. The van der Waals surface area contributed by atoms with E-state index in [2.05, 4.69) is 30.2 Å². The van der Waals surface area contributed by atoms with Crippen LogP contribution in [0.2, 0.25) is 0 Å². The summed E-state index contributed by atoms with van der Waals surface area (Å²) in [6, 6.07) is 4.19. The molecule has 1 aliphatic heterocycles. The lowest BCUT2D eigenvalue weighted by Gasteiger charge is -2.12. The van der Waals surface area contributed by atoms with E-state index >= 15 is 0 Å². The Kier molecular flexibility index (Phi) is 5.61. The summed E-state index contributed by atoms with van der Waals surface area (Å²) in [7, 11) is 0. The first-order valence-corrected chi connectivity index (χ1v) is 7.23. The van der Waals surface area contributed by atoms with E-state index in [1.165, 1.54) is 5.56 Å². The number of rotatable bonds is 7. The first-order valence-electron chi connectivity index (χ1n) is 7.23. The van der Waals surface area contributed by atoms with Crippen molar-refractivity contribution in [3.05, 3.63) is 23.4 Å². The Balaban J connectivity index is 1.96. The number of aromatic nitrogens is 1. The average Bonchev–Trinajstić information content (AvgIpc) is 2.96. The first kappa shape index (κ1) is 14.3. The predicted octanol–water partition coefficient (Wildman–Crippen LogP) is 2.17. The molecule has 0 bridgehead atoms. The third-order valence-corrected chi connectivity index (χ3v) is 3.35. The molecule has 2 rings (SSSR count). The molecule has 1 aliphatic rings. The van der Waals surface area contributed by atoms with E-state index in [0.717, 1.165) is 50.7 Å². The van der Waals surface area contributed by atoms with Gasteiger partial charge < -0.3 is 14.8 Å². The molecule has 0 radical (unpaired) electrons. The summed E-state index contributed by atoms with van der Waals surface area (Å²) in [5.74, 6) is 1.27. The number of nitrogens with one attached hydrogen (secondary N) is 1. The van der Waals surface area contributed by atoms with Gasteiger partial charge in [0.05, 0.1) is 13.2 Å². The molecule has 0 aliphatic carbocycles. The third-order valence-electron chi connectivity index (χ3n) is 3.35. The molecule has 1 N–H and O–H groups in total. The Labute approximate surface area is 115 Å². The number of pyridine rings is 1. The second-order valence-electron chi connectivity index (χ2n) is 4.98. The van der Waals surface area contributed by atoms with Crippen molar-refractivity contribution in [2.75, 3.05) is 26.4 Å². The van der Waals surface area contributed by atoms with Gasteiger partial charge in [0.25, 0.3) is 0 Å². The molecule has 1 atom stereocenters. The molecule has 1 saturated heterocycles. The van der Waals surface area contributed by atoms with Gasteiger partial charge in [0.1, 0.15) is 0 Å². The summed E-state index contributed by atoms with van der Waals surface area (Å²) in [5, 5.41) is 3.34. The Morgan fingerprint density at radius 2 is 2.32 bits per heavy atom. The van der Waals surface area contributed by atoms with Crippen molar-refractivity contribution < 1.29 is 9.47 Å². The van der Waals surface area contributed by atoms with Crippen molar-refractivity contribution in [1.82, 2.24) is 10.3 Å². The van der Waals surface area contributed by atoms with Gasteiger partial charge in [-0.2, -0.15) is 0 Å². The summed E-state index contributed by atoms with van der Waals surface area (Å²) in [4.78, 5) is 4.53. The van der Waals surface area contributed by atoms with Crippen LogP contribution in [0.4, 0.5) is 0 Å². The van der Waals surface area contributed by atoms with Crippen molar-refractivity contribution >= 4 is 0 Å². The molecule has 0 spiro atoms. The second kappa shape index (κ2) is 7.46. The SMILES string of the molecule is CCNCc1cc(CC)nc(OCC2CCOC2)c1. The molecular formula is C15H24N2O2. The lowest BCUT2D eigenvalue weighted by Crippen LogP contribution is -2.14. The number of nitrogens with zero attached hydrogens (tertiary/aromatic N) is 1. The molecule has 19 heavy (non-hydrogen) atoms. The van der Waals surface area contributed by atoms with Crippen molar-refractivity contribution in [2.45, 2.75) is 33.2 Å². The van der Waals surface area contributed by atoms with Crippen LogP contribution in [0.5, 0.6) is 5.88 Å². The number of hydrogen-bond donors (Lipinski definition) is 1. The zero-order valence-corrected chi connectivity index (χ0v) is 11.9. The molecule has 1 fully saturated rings. The van der Waals surface area contributed by atoms with E-state index in [4.69, 9.17) is 9.47 Å². The second-order valence-corrected chi connectivity index (χ2v) is 4.98. The van der Waals surface area contributed by atoms with Crippen molar-refractivity contribution in [3.63, 3.8) is 0 Å². The van der Waals surface area contributed by atoms with Crippen LogP contribution in [0, 0.1) is 5.92 Å². The molecule has 2 heterocycles. The van der Waals surface area contributed by atoms with E-state index in [0.29, 0.717) is 12.5 Å². The van der Waals surface area contributed by atoms with E-state index in [1.807, 2.05) is 6.07 Å². The largest absolute Gasteiger partial charge is 0.477 e. The van der Waals surface area contributed by atoms with Crippen LogP contribution >= 0.6 is 0 Å². The van der Waals surface area contributed by atoms with Crippen molar-refractivity contribution in [2.24, 2.45) is 5.92 Å². The Morgan fingerprint density at radius 3 is 3.00 bits per heavy atom. The van der Waals surface area contributed by atoms with Crippen molar-refractivity contribution in [1.29, 1.82) is 0 Å². The molecule has 0 saturated carbocycles. The van der Waals surface area contributed by atoms with Gasteiger partial charge >= 0.3 is 0 Å². The van der Waals surface area contributed by atoms with E-state index < -0.39 is 0 Å². The van der Waals surface area contributed by atoms with E-state index in [1.54, 1.807) is 0 Å². The highest BCUT2D eigenvalue weighted by molar-refractivity contribution is 5.25. The predicted molar refractivity (Wildman–Crippen MR) is 75.4 cm³/mol. The quantitative estimate of drug-likeness (QED) is 0.819. The summed E-state index contributed by atoms with van der Waals surface area (Å²) in [6.07, 6.45) is 2.03. The topological polar surface area (TPSA) is 43.4 Å². The first-order chi connectivity index (χ1) is 9.31. The minimum atomic E-state index is 0.518. The highest BCUT2D eigenvalue weighted by Crippen LogP contribution is 2.17. The van der Waals surface area contributed by atoms with Crippen LogP contribution in [0.3, 0.4) is 0 Å². The minimum Gasteiger partial charge on any atom is -0.477 e. The molecule has 4 nitrogen and oxygen atoms in total. The van der Waals surface area contributed by atoms with Gasteiger partial charge in [0, 0.05) is 30.8 Å². The fourth-order valence-corrected chi connectivity index (χ4v) is 2.16. The van der Waals surface area contributed by atoms with Gasteiger partial charge in [-0.1, -0.05) is 13.8 Å². The van der Waals surface area contributed by atoms with E-state index in [-0.39, 0.29) is 0 Å². The maximum absolute atomic E-state index is 5.83. The number of aryl methyl sites for hydroxylation is 1. The van der Waals surface area contributed by atoms with Gasteiger partial charge in [-0.15, -0.1) is 0 Å². The maximum Gasteiger partial charge on any atom is 0.213 e. The number of hydrogen-bond acceptors (Lipinski definition) is 4. The normalized spacial score (nSPS) is 18.7. The monoisotopic (exact) mass is 264 g/mol. The van der Waals surface area contributed by atoms with Gasteiger partial charge in [-0.3, -0.25) is 0 Å². The fraction of sp³-hybridized carbons (Fsp3) is 0.667. The Hall–Kier alpha value is -1.13. The molecule has 0 amide bonds. The van der Waals surface area contributed by atoms with Crippen LogP contribution in [0.15, 0.2) is 12.1 Å². The van der Waals surface area contributed by atoms with Crippen LogP contribution < -0.4 is 10.1 Å². The van der Waals surface area contributed by atoms with Gasteiger partial charge in [-0.25, -0.2) is 4.98 Å². The summed E-state index contributed by atoms with van der Waals surface area (Å²) >= 11 is 0. The lowest BCUT2D eigenvalue weighted by molar-refractivity contribution is 0.165. The minimum absolute atomic E-state index is 0.518. The summed E-state index contributed by atoms with van der Waals surface area (Å²) in [5.41, 5.74) is 2.33. The molecule has 106 valence electrons. The lowest BCUT2D eigenvalue weighted by atomic mass is 10.1. The highest BCUT2D eigenvalue weighted by atomic mass is 16.5. The van der Waals surface area contributed by atoms with Gasteiger partial charge in [-0.05, 0) is 31.0 Å². The molecule has 1 aromatic rings. The zero-order chi connectivity index (χ0) is 13.5. The summed E-state index contributed by atoms with van der Waals surface area (Å²) < 4.78 is 11.2. The molecule has 1 aromatic heterocycles. The molecule has 1 unspecified atom stereocenters. The van der Waals surface area contributed by atoms with Gasteiger partial charge in [0.2, 0.25) is 5.88 Å². The van der Waals surface area contributed by atoms with E-state index in [9.17, 15) is 0 Å². The Morgan fingerprint density at radius 1 is 1.42 bits per heavy atom. The fourth-order valence-electron chi connectivity index (χ4n) is 2.16. The molecule has 4 heteroatoms. The van der Waals surface area contributed by atoms with Crippen LogP contribution in [-0.4, -0.2) is 31.3 Å². The molecule has 0 aromatic carbocycles. The third kappa shape index (κ3) is 4.48. The smallest absolute Gasteiger partial charge is 0.213 e. The maximum atomic E-state index is 5.83.